The van der Waals surface area contributed by atoms with Crippen molar-refractivity contribution in [2.75, 3.05) is 7.11 Å². The second kappa shape index (κ2) is 5.46. The molecule has 0 unspecified atom stereocenters. The minimum absolute atomic E-state index is 0.0173. The number of hydrogen-bond donors (Lipinski definition) is 0. The fourth-order valence-corrected chi connectivity index (χ4v) is 0.814. The van der Waals surface area contributed by atoms with E-state index in [2.05, 4.69) is 9.99 Å². The zero-order chi connectivity index (χ0) is 9.56. The van der Waals surface area contributed by atoms with Crippen molar-refractivity contribution in [1.29, 1.82) is 0 Å². The van der Waals surface area contributed by atoms with Crippen LogP contribution in [-0.4, -0.2) is 24.4 Å². The van der Waals surface area contributed by atoms with Crippen molar-refractivity contribution in [3.63, 3.8) is 0 Å². The molecule has 0 heterocycles. The van der Waals surface area contributed by atoms with Crippen LogP contribution in [0.1, 0.15) is 26.7 Å². The first-order valence-corrected chi connectivity index (χ1v) is 3.64. The van der Waals surface area contributed by atoms with Crippen LogP contribution in [0.3, 0.4) is 0 Å². The lowest BCUT2D eigenvalue weighted by Crippen LogP contribution is -2.08. The van der Waals surface area contributed by atoms with Gasteiger partial charge in [-0.25, -0.2) is 0 Å². The predicted octanol–water partition coefficient (Wildman–Crippen LogP) is 0.947. The van der Waals surface area contributed by atoms with Gasteiger partial charge in [0.05, 0.1) is 12.1 Å². The van der Waals surface area contributed by atoms with Crippen LogP contribution in [0.15, 0.2) is 5.16 Å². The summed E-state index contributed by atoms with van der Waals surface area (Å²) in [5.41, 5.74) is 0.587. The molecule has 0 N–H and O–H groups in total. The molecule has 0 fully saturated rings. The average molecular weight is 171 g/mol. The fraction of sp³-hybridized carbons (Fsp3) is 0.625. The summed E-state index contributed by atoms with van der Waals surface area (Å²) in [7, 11) is 1.42. The third-order valence-electron chi connectivity index (χ3n) is 1.15. The highest BCUT2D eigenvalue weighted by Gasteiger charge is 2.06. The van der Waals surface area contributed by atoms with Crippen molar-refractivity contribution in [2.45, 2.75) is 26.7 Å². The van der Waals surface area contributed by atoms with E-state index in [0.717, 1.165) is 0 Å². The van der Waals surface area contributed by atoms with E-state index in [1.54, 1.807) is 6.92 Å². The number of Topliss-reactive ketones (excluding diaryl/α,β-unsaturated/α-hetero) is 2. The van der Waals surface area contributed by atoms with Crippen molar-refractivity contribution >= 4 is 17.3 Å². The first kappa shape index (κ1) is 10.8. The number of carbonyl (C=O) groups excluding carboxylic acids is 2. The molecule has 0 amide bonds. The van der Waals surface area contributed by atoms with Gasteiger partial charge >= 0.3 is 0 Å². The van der Waals surface area contributed by atoms with Gasteiger partial charge in [0, 0.05) is 6.42 Å². The van der Waals surface area contributed by atoms with Gasteiger partial charge in [-0.2, -0.15) is 0 Å². The minimum Gasteiger partial charge on any atom is -0.399 e. The van der Waals surface area contributed by atoms with E-state index < -0.39 is 0 Å². The van der Waals surface area contributed by atoms with Crippen molar-refractivity contribution in [3.05, 3.63) is 0 Å². The molecule has 0 saturated carbocycles. The zero-order valence-corrected chi connectivity index (χ0v) is 7.59. The van der Waals surface area contributed by atoms with Crippen LogP contribution in [0, 0.1) is 0 Å². The predicted molar refractivity (Wildman–Crippen MR) is 45.0 cm³/mol. The van der Waals surface area contributed by atoms with Crippen molar-refractivity contribution in [1.82, 2.24) is 0 Å². The Balaban J connectivity index is 3.84. The Bertz CT molecular complexity index is 208. The normalized spacial score (nSPS) is 11.1. The molecule has 0 atom stereocenters. The smallest absolute Gasteiger partial charge is 0.145 e. The van der Waals surface area contributed by atoms with Crippen LogP contribution in [-0.2, 0) is 14.4 Å². The quantitative estimate of drug-likeness (QED) is 0.351. The highest BCUT2D eigenvalue weighted by Crippen LogP contribution is 1.94. The van der Waals surface area contributed by atoms with Gasteiger partial charge in [0.2, 0.25) is 0 Å². The van der Waals surface area contributed by atoms with E-state index in [4.69, 9.17) is 0 Å². The molecular formula is C8H13NO3. The Morgan fingerprint density at radius 2 is 1.83 bits per heavy atom. The van der Waals surface area contributed by atoms with E-state index in [-0.39, 0.29) is 24.4 Å². The van der Waals surface area contributed by atoms with Gasteiger partial charge in [-0.1, -0.05) is 5.16 Å². The van der Waals surface area contributed by atoms with E-state index in [1.165, 1.54) is 14.0 Å². The molecule has 0 aromatic rings. The van der Waals surface area contributed by atoms with Crippen molar-refractivity contribution in [2.24, 2.45) is 5.16 Å². The first-order valence-electron chi connectivity index (χ1n) is 3.64. The van der Waals surface area contributed by atoms with Gasteiger partial charge in [0.1, 0.15) is 18.7 Å². The summed E-state index contributed by atoms with van der Waals surface area (Å²) in [6, 6.07) is 0. The number of oxime groups is 1. The first-order chi connectivity index (χ1) is 5.56. The fourth-order valence-electron chi connectivity index (χ4n) is 0.814. The molecule has 0 aromatic heterocycles. The lowest BCUT2D eigenvalue weighted by Gasteiger charge is -1.96. The Morgan fingerprint density at radius 3 is 2.25 bits per heavy atom. The van der Waals surface area contributed by atoms with Gasteiger partial charge < -0.3 is 4.84 Å². The van der Waals surface area contributed by atoms with Gasteiger partial charge in [-0.05, 0) is 13.8 Å². The van der Waals surface area contributed by atoms with Crippen LogP contribution < -0.4 is 0 Å². The number of hydrogen-bond acceptors (Lipinski definition) is 4. The molecule has 0 aliphatic rings. The largest absolute Gasteiger partial charge is 0.399 e. The maximum Gasteiger partial charge on any atom is 0.145 e. The van der Waals surface area contributed by atoms with Gasteiger partial charge in [-0.3, -0.25) is 9.59 Å². The number of ketones is 2. The molecule has 68 valence electrons. The van der Waals surface area contributed by atoms with E-state index in [1.807, 2.05) is 0 Å². The highest BCUT2D eigenvalue weighted by molar-refractivity contribution is 6.07. The van der Waals surface area contributed by atoms with Crippen LogP contribution in [0.4, 0.5) is 0 Å². The molecule has 0 aliphatic heterocycles. The topological polar surface area (TPSA) is 55.7 Å². The lowest BCUT2D eigenvalue weighted by atomic mass is 10.1. The number of nitrogens with zero attached hydrogens (tertiary/aromatic N) is 1. The summed E-state index contributed by atoms with van der Waals surface area (Å²) >= 11 is 0. The maximum absolute atomic E-state index is 11.0. The van der Waals surface area contributed by atoms with Crippen LogP contribution in [0.2, 0.25) is 0 Å². The molecule has 0 radical (unpaired) electrons. The summed E-state index contributed by atoms with van der Waals surface area (Å²) in [5, 5.41) is 3.56. The highest BCUT2D eigenvalue weighted by atomic mass is 16.6. The van der Waals surface area contributed by atoms with E-state index in [0.29, 0.717) is 5.71 Å². The monoisotopic (exact) mass is 171 g/mol. The standard InChI is InChI=1S/C8H13NO3/c1-6(9-12-3)4-8(11)5-7(2)10/h4-5H2,1-3H3. The summed E-state index contributed by atoms with van der Waals surface area (Å²) < 4.78 is 0. The van der Waals surface area contributed by atoms with Gasteiger partial charge in [0.25, 0.3) is 0 Å². The van der Waals surface area contributed by atoms with Crippen LogP contribution >= 0.6 is 0 Å². The van der Waals surface area contributed by atoms with Gasteiger partial charge in [-0.15, -0.1) is 0 Å². The minimum atomic E-state index is -0.124. The molecule has 0 spiro atoms. The Morgan fingerprint density at radius 1 is 1.25 bits per heavy atom. The zero-order valence-electron chi connectivity index (χ0n) is 7.59. The number of carbonyl (C=O) groups is 2. The third-order valence-corrected chi connectivity index (χ3v) is 1.15. The van der Waals surface area contributed by atoms with E-state index >= 15 is 0 Å². The summed E-state index contributed by atoms with van der Waals surface area (Å²) in [4.78, 5) is 25.9. The molecule has 12 heavy (non-hydrogen) atoms. The van der Waals surface area contributed by atoms with Crippen LogP contribution in [0.5, 0.6) is 0 Å². The Kier molecular flexibility index (Phi) is 4.92. The second-order valence-electron chi connectivity index (χ2n) is 2.60. The molecule has 4 nitrogen and oxygen atoms in total. The maximum atomic E-state index is 11.0. The molecule has 4 heteroatoms. The summed E-state index contributed by atoms with van der Waals surface area (Å²) in [6.07, 6.45) is 0.171. The van der Waals surface area contributed by atoms with Crippen molar-refractivity contribution in [3.8, 4) is 0 Å². The van der Waals surface area contributed by atoms with Crippen LogP contribution in [0.25, 0.3) is 0 Å². The molecule has 0 rings (SSSR count). The molecule has 0 aromatic carbocycles. The van der Waals surface area contributed by atoms with Gasteiger partial charge in [0.15, 0.2) is 0 Å². The van der Waals surface area contributed by atoms with E-state index in [9.17, 15) is 9.59 Å². The second-order valence-corrected chi connectivity index (χ2v) is 2.60. The summed E-state index contributed by atoms with van der Waals surface area (Å²) in [6.45, 7) is 3.07. The SMILES string of the molecule is CON=C(C)CC(=O)CC(C)=O. The lowest BCUT2D eigenvalue weighted by molar-refractivity contribution is -0.125. The summed E-state index contributed by atoms with van der Waals surface area (Å²) in [5.74, 6) is -0.244. The molecule has 0 bridgehead atoms. The Hall–Kier alpha value is -1.19. The van der Waals surface area contributed by atoms with Crippen molar-refractivity contribution < 1.29 is 14.4 Å². The Labute approximate surface area is 71.6 Å². The molecule has 0 aliphatic carbocycles. The average Bonchev–Trinajstić information content (AvgIpc) is 1.84. The molecule has 0 saturated heterocycles. The molecular weight excluding hydrogens is 158 g/mol. The number of rotatable bonds is 5. The third kappa shape index (κ3) is 5.58.